The average Bonchev–Trinajstić information content (AvgIpc) is 2.96. The number of fused-ring (bicyclic) bond motifs is 2. The van der Waals surface area contributed by atoms with Gasteiger partial charge in [0.25, 0.3) is 5.56 Å². The zero-order valence-electron chi connectivity index (χ0n) is 11.8. The molecule has 0 bridgehead atoms. The molecule has 108 valence electrons. The van der Waals surface area contributed by atoms with E-state index in [2.05, 4.69) is 28.3 Å². The van der Waals surface area contributed by atoms with E-state index in [1.165, 1.54) is 4.52 Å². The van der Waals surface area contributed by atoms with Gasteiger partial charge in [-0.3, -0.25) is 9.89 Å². The zero-order valence-corrected chi connectivity index (χ0v) is 12.6. The topological polar surface area (TPSA) is 50.2 Å². The molecule has 0 aliphatic carbocycles. The Kier molecular flexibility index (Phi) is 2.81. The fraction of sp³-hybridized carbons (Fsp3) is 0.0588. The molecule has 2 heterocycles. The molecular formula is C17H12ClN3O. The third kappa shape index (κ3) is 1.77. The van der Waals surface area contributed by atoms with E-state index in [4.69, 9.17) is 11.6 Å². The summed E-state index contributed by atoms with van der Waals surface area (Å²) in [5.41, 5.74) is 2.76. The summed E-state index contributed by atoms with van der Waals surface area (Å²) >= 11 is 5.99. The van der Waals surface area contributed by atoms with Crippen molar-refractivity contribution in [1.29, 1.82) is 0 Å². The highest BCUT2D eigenvalue weighted by molar-refractivity contribution is 6.31. The van der Waals surface area contributed by atoms with Crippen LogP contribution in [-0.4, -0.2) is 14.6 Å². The van der Waals surface area contributed by atoms with Crippen LogP contribution in [0.1, 0.15) is 5.69 Å². The van der Waals surface area contributed by atoms with Gasteiger partial charge in [-0.15, -0.1) is 0 Å². The van der Waals surface area contributed by atoms with E-state index in [-0.39, 0.29) is 10.6 Å². The molecule has 2 aromatic heterocycles. The number of nitrogens with zero attached hydrogens (tertiary/aromatic N) is 2. The van der Waals surface area contributed by atoms with Gasteiger partial charge in [0.1, 0.15) is 5.02 Å². The van der Waals surface area contributed by atoms with Gasteiger partial charge < -0.3 is 0 Å². The van der Waals surface area contributed by atoms with Crippen molar-refractivity contribution in [3.05, 3.63) is 69.7 Å². The molecule has 0 saturated heterocycles. The van der Waals surface area contributed by atoms with E-state index >= 15 is 0 Å². The van der Waals surface area contributed by atoms with Crippen LogP contribution in [0.5, 0.6) is 0 Å². The van der Waals surface area contributed by atoms with Crippen molar-refractivity contribution in [3.8, 4) is 11.1 Å². The molecule has 0 aliphatic heterocycles. The van der Waals surface area contributed by atoms with Crippen LogP contribution in [0.2, 0.25) is 5.02 Å². The van der Waals surface area contributed by atoms with Gasteiger partial charge in [0.05, 0.1) is 5.69 Å². The first-order chi connectivity index (χ1) is 10.7. The third-order valence-electron chi connectivity index (χ3n) is 3.85. The first-order valence-corrected chi connectivity index (χ1v) is 7.29. The summed E-state index contributed by atoms with van der Waals surface area (Å²) in [7, 11) is 0. The van der Waals surface area contributed by atoms with Crippen molar-refractivity contribution < 1.29 is 0 Å². The van der Waals surface area contributed by atoms with Crippen LogP contribution in [0.15, 0.2) is 53.5 Å². The molecule has 0 fully saturated rings. The Morgan fingerprint density at radius 3 is 2.73 bits per heavy atom. The molecule has 22 heavy (non-hydrogen) atoms. The molecule has 0 unspecified atom stereocenters. The smallest absolute Gasteiger partial charge is 0.291 e. The van der Waals surface area contributed by atoms with E-state index in [0.29, 0.717) is 11.3 Å². The quantitative estimate of drug-likeness (QED) is 0.581. The fourth-order valence-corrected chi connectivity index (χ4v) is 2.89. The van der Waals surface area contributed by atoms with Crippen LogP contribution in [0.25, 0.3) is 27.5 Å². The lowest BCUT2D eigenvalue weighted by Gasteiger charge is -2.05. The van der Waals surface area contributed by atoms with Crippen molar-refractivity contribution in [1.82, 2.24) is 14.6 Å². The molecule has 0 aliphatic rings. The summed E-state index contributed by atoms with van der Waals surface area (Å²) in [4.78, 5) is 16.7. The van der Waals surface area contributed by atoms with Crippen molar-refractivity contribution >= 4 is 28.0 Å². The summed E-state index contributed by atoms with van der Waals surface area (Å²) in [6, 6.07) is 14.2. The van der Waals surface area contributed by atoms with Crippen LogP contribution < -0.4 is 5.56 Å². The minimum absolute atomic E-state index is 0.142. The van der Waals surface area contributed by atoms with Crippen LogP contribution in [0.3, 0.4) is 0 Å². The highest BCUT2D eigenvalue weighted by atomic mass is 35.5. The molecule has 4 nitrogen and oxygen atoms in total. The number of rotatable bonds is 1. The number of aromatic amines is 1. The van der Waals surface area contributed by atoms with Crippen molar-refractivity contribution in [3.63, 3.8) is 0 Å². The van der Waals surface area contributed by atoms with E-state index < -0.39 is 0 Å². The predicted molar refractivity (Wildman–Crippen MR) is 88.5 cm³/mol. The third-order valence-corrected chi connectivity index (χ3v) is 4.29. The molecule has 4 aromatic rings. The van der Waals surface area contributed by atoms with E-state index in [0.717, 1.165) is 21.9 Å². The summed E-state index contributed by atoms with van der Waals surface area (Å²) < 4.78 is 1.38. The molecule has 0 saturated carbocycles. The Hall–Kier alpha value is -2.59. The van der Waals surface area contributed by atoms with E-state index in [9.17, 15) is 4.79 Å². The Morgan fingerprint density at radius 2 is 1.86 bits per heavy atom. The molecule has 1 N–H and O–H groups in total. The maximum absolute atomic E-state index is 12.2. The molecule has 0 amide bonds. The fourth-order valence-electron chi connectivity index (χ4n) is 2.76. The van der Waals surface area contributed by atoms with Gasteiger partial charge in [0.15, 0.2) is 5.65 Å². The van der Waals surface area contributed by atoms with Gasteiger partial charge >= 0.3 is 0 Å². The number of hydrogen-bond donors (Lipinski definition) is 1. The number of nitrogens with one attached hydrogen (secondary N) is 1. The highest BCUT2D eigenvalue weighted by Gasteiger charge is 2.14. The number of halogens is 1. The monoisotopic (exact) mass is 309 g/mol. The normalized spacial score (nSPS) is 11.4. The number of aryl methyl sites for hydroxylation is 1. The molecular weight excluding hydrogens is 298 g/mol. The Balaban J connectivity index is 2.12. The van der Waals surface area contributed by atoms with Crippen LogP contribution in [0, 0.1) is 6.92 Å². The summed E-state index contributed by atoms with van der Waals surface area (Å²) in [6.45, 7) is 1.74. The van der Waals surface area contributed by atoms with Gasteiger partial charge in [-0.25, -0.2) is 4.98 Å². The maximum atomic E-state index is 12.2. The molecule has 0 radical (unpaired) electrons. The number of H-pyrrole nitrogens is 1. The number of benzene rings is 2. The summed E-state index contributed by atoms with van der Waals surface area (Å²) in [5.74, 6) is 0. The summed E-state index contributed by atoms with van der Waals surface area (Å²) in [6.07, 6.45) is 1.79. The minimum atomic E-state index is -0.282. The van der Waals surface area contributed by atoms with Gasteiger partial charge in [0, 0.05) is 11.8 Å². The predicted octanol–water partition coefficient (Wildman–Crippen LogP) is 3.80. The van der Waals surface area contributed by atoms with Crippen molar-refractivity contribution in [2.24, 2.45) is 0 Å². The highest BCUT2D eigenvalue weighted by Crippen LogP contribution is 2.30. The second kappa shape index (κ2) is 4.71. The first-order valence-electron chi connectivity index (χ1n) is 6.91. The lowest BCUT2D eigenvalue weighted by molar-refractivity contribution is 0.890. The van der Waals surface area contributed by atoms with Gasteiger partial charge in [0.2, 0.25) is 0 Å². The standard InChI is InChI=1S/C17H12ClN3O/c1-10-15(18)17(22)21-16(20-10)14(9-19-21)13-8-4-6-11-5-2-3-7-12(11)13/h2-9,19H,1H3. The zero-order chi connectivity index (χ0) is 15.3. The lowest BCUT2D eigenvalue weighted by atomic mass is 10.0. The van der Waals surface area contributed by atoms with E-state index in [1.807, 2.05) is 24.3 Å². The molecule has 2 aromatic carbocycles. The second-order valence-electron chi connectivity index (χ2n) is 5.19. The van der Waals surface area contributed by atoms with Gasteiger partial charge in [-0.05, 0) is 23.3 Å². The Morgan fingerprint density at radius 1 is 1.09 bits per heavy atom. The van der Waals surface area contributed by atoms with Crippen molar-refractivity contribution in [2.45, 2.75) is 6.92 Å². The average molecular weight is 310 g/mol. The van der Waals surface area contributed by atoms with Gasteiger partial charge in [-0.1, -0.05) is 54.1 Å². The maximum Gasteiger partial charge on any atom is 0.291 e. The molecule has 0 spiro atoms. The SMILES string of the molecule is Cc1nc2c(-c3cccc4ccccc34)c[nH]n2c(=O)c1Cl. The molecule has 0 atom stereocenters. The van der Waals surface area contributed by atoms with Crippen molar-refractivity contribution in [2.75, 3.05) is 0 Å². The van der Waals surface area contributed by atoms with Gasteiger partial charge in [-0.2, -0.15) is 4.52 Å². The first kappa shape index (κ1) is 13.1. The Bertz CT molecular complexity index is 1070. The summed E-state index contributed by atoms with van der Waals surface area (Å²) in [5, 5.41) is 5.35. The Labute approximate surface area is 131 Å². The minimum Gasteiger partial charge on any atom is -0.296 e. The second-order valence-corrected chi connectivity index (χ2v) is 5.57. The lowest BCUT2D eigenvalue weighted by Crippen LogP contribution is -2.16. The van der Waals surface area contributed by atoms with Crippen LogP contribution in [0.4, 0.5) is 0 Å². The number of hydrogen-bond acceptors (Lipinski definition) is 2. The number of aromatic nitrogens is 3. The molecule has 5 heteroatoms. The van der Waals surface area contributed by atoms with E-state index in [1.54, 1.807) is 13.1 Å². The largest absolute Gasteiger partial charge is 0.296 e. The van der Waals surface area contributed by atoms with Crippen LogP contribution in [-0.2, 0) is 0 Å². The molecule has 4 rings (SSSR count). The van der Waals surface area contributed by atoms with Crippen LogP contribution >= 0.6 is 11.6 Å².